The molecule has 1 atom stereocenters. The highest BCUT2D eigenvalue weighted by Gasteiger charge is 2.15. The number of pyridine rings is 1. The lowest BCUT2D eigenvalue weighted by Crippen LogP contribution is -2.36. The number of H-pyrrole nitrogens is 1. The van der Waals surface area contributed by atoms with Crippen LogP contribution in [0.2, 0.25) is 0 Å². The molecule has 0 spiro atoms. The molecule has 0 aliphatic carbocycles. The maximum Gasteiger partial charge on any atom is 0.405 e. The number of nitrogens with one attached hydrogen (secondary N) is 2. The number of hydrogen-bond donors (Lipinski definition) is 3. The molecular formula is C12H14N4O3. The third-order valence-electron chi connectivity index (χ3n) is 2.59. The molecule has 0 radical (unpaired) electrons. The topological polar surface area (TPSA) is 110 Å². The molecule has 2 heterocycles. The van der Waals surface area contributed by atoms with Crippen LogP contribution >= 0.6 is 0 Å². The van der Waals surface area contributed by atoms with E-state index in [2.05, 4.69) is 20.0 Å². The Morgan fingerprint density at radius 3 is 3.05 bits per heavy atom. The van der Waals surface area contributed by atoms with Gasteiger partial charge in [0, 0.05) is 29.0 Å². The predicted octanol–water partition coefficient (Wildman–Crippen LogP) is 0.663. The Labute approximate surface area is 109 Å². The van der Waals surface area contributed by atoms with E-state index in [0.717, 1.165) is 16.6 Å². The van der Waals surface area contributed by atoms with E-state index >= 15 is 0 Å². The molecule has 7 heteroatoms. The minimum atomic E-state index is -0.973. The molecule has 0 bridgehead atoms. The molecule has 4 N–H and O–H groups in total. The minimum Gasteiger partial charge on any atom is -0.437 e. The molecular weight excluding hydrogens is 248 g/mol. The van der Waals surface area contributed by atoms with Gasteiger partial charge >= 0.3 is 6.09 Å². The van der Waals surface area contributed by atoms with Crippen LogP contribution in [-0.4, -0.2) is 28.1 Å². The van der Waals surface area contributed by atoms with Gasteiger partial charge < -0.3 is 20.8 Å². The van der Waals surface area contributed by atoms with Crippen LogP contribution in [0.15, 0.2) is 24.5 Å². The normalized spacial score (nSPS) is 12.1. The zero-order valence-corrected chi connectivity index (χ0v) is 10.3. The van der Waals surface area contributed by atoms with Gasteiger partial charge in [-0.05, 0) is 19.1 Å². The van der Waals surface area contributed by atoms with Crippen LogP contribution in [0.1, 0.15) is 12.6 Å². The first-order valence-corrected chi connectivity index (χ1v) is 5.71. The lowest BCUT2D eigenvalue weighted by atomic mass is 10.3. The van der Waals surface area contributed by atoms with E-state index in [-0.39, 0.29) is 0 Å². The van der Waals surface area contributed by atoms with Gasteiger partial charge in [0.1, 0.15) is 0 Å². The summed E-state index contributed by atoms with van der Waals surface area (Å²) in [5.41, 5.74) is 6.62. The second-order valence-electron chi connectivity index (χ2n) is 4.05. The third-order valence-corrected chi connectivity index (χ3v) is 2.59. The predicted molar refractivity (Wildman–Crippen MR) is 68.1 cm³/mol. The minimum absolute atomic E-state index is 0.306. The lowest BCUT2D eigenvalue weighted by molar-refractivity contribution is -0.128. The number of aromatic amines is 1. The van der Waals surface area contributed by atoms with Gasteiger partial charge in [0.25, 0.3) is 5.91 Å². The second-order valence-corrected chi connectivity index (χ2v) is 4.05. The second kappa shape index (κ2) is 5.38. The Bertz CT molecular complexity index is 575. The molecule has 2 amide bonds. The molecule has 2 aromatic heterocycles. The van der Waals surface area contributed by atoms with Crippen molar-refractivity contribution in [1.29, 1.82) is 0 Å². The zero-order valence-electron chi connectivity index (χ0n) is 10.3. The quantitative estimate of drug-likeness (QED) is 0.751. The van der Waals surface area contributed by atoms with Crippen molar-refractivity contribution in [3.05, 3.63) is 30.2 Å². The van der Waals surface area contributed by atoms with Crippen molar-refractivity contribution in [3.8, 4) is 0 Å². The average Bonchev–Trinajstić information content (AvgIpc) is 2.77. The number of carbonyl (C=O) groups is 2. The molecule has 100 valence electrons. The van der Waals surface area contributed by atoms with Crippen molar-refractivity contribution >= 4 is 22.9 Å². The van der Waals surface area contributed by atoms with Crippen molar-refractivity contribution in [1.82, 2.24) is 15.3 Å². The van der Waals surface area contributed by atoms with E-state index in [1.807, 2.05) is 12.1 Å². The first-order chi connectivity index (χ1) is 9.06. The van der Waals surface area contributed by atoms with Crippen LogP contribution in [-0.2, 0) is 16.1 Å². The standard InChI is InChI=1S/C12H14N4O3/c1-7(19-12(13)18)11(17)15-6-9-4-8-5-14-3-2-10(8)16-9/h2-5,7,16H,6H2,1H3,(H2,13,18)(H,15,17). The van der Waals surface area contributed by atoms with Gasteiger partial charge in [-0.15, -0.1) is 0 Å². The molecule has 7 nitrogen and oxygen atoms in total. The molecule has 1 unspecified atom stereocenters. The van der Waals surface area contributed by atoms with Crippen LogP contribution in [0.5, 0.6) is 0 Å². The summed E-state index contributed by atoms with van der Waals surface area (Å²) < 4.78 is 4.57. The van der Waals surface area contributed by atoms with Crippen molar-refractivity contribution in [2.24, 2.45) is 5.73 Å². The van der Waals surface area contributed by atoms with Crippen LogP contribution < -0.4 is 11.1 Å². The summed E-state index contributed by atoms with van der Waals surface area (Å²) in [5, 5.41) is 3.61. The number of carbonyl (C=O) groups excluding carboxylic acids is 2. The van der Waals surface area contributed by atoms with Crippen LogP contribution in [0.3, 0.4) is 0 Å². The van der Waals surface area contributed by atoms with Crippen LogP contribution in [0, 0.1) is 0 Å². The number of ether oxygens (including phenoxy) is 1. The number of hydrogen-bond acceptors (Lipinski definition) is 4. The summed E-state index contributed by atoms with van der Waals surface area (Å²) in [6.45, 7) is 1.76. The number of nitrogens with two attached hydrogens (primary N) is 1. The number of rotatable bonds is 4. The number of aromatic nitrogens is 2. The van der Waals surface area contributed by atoms with Gasteiger partial charge in [-0.1, -0.05) is 0 Å². The average molecular weight is 262 g/mol. The van der Waals surface area contributed by atoms with E-state index in [1.54, 1.807) is 12.4 Å². The summed E-state index contributed by atoms with van der Waals surface area (Å²) >= 11 is 0. The maximum absolute atomic E-state index is 11.6. The molecule has 0 aliphatic rings. The fourth-order valence-corrected chi connectivity index (χ4v) is 1.68. The van der Waals surface area contributed by atoms with Crippen molar-refractivity contribution in [2.45, 2.75) is 19.6 Å². The summed E-state index contributed by atoms with van der Waals surface area (Å²) in [7, 11) is 0. The maximum atomic E-state index is 11.6. The highest BCUT2D eigenvalue weighted by Crippen LogP contribution is 2.12. The number of fused-ring (bicyclic) bond motifs is 1. The van der Waals surface area contributed by atoms with Crippen molar-refractivity contribution in [3.63, 3.8) is 0 Å². The van der Waals surface area contributed by atoms with E-state index in [4.69, 9.17) is 5.73 Å². The summed E-state index contributed by atoms with van der Waals surface area (Å²) in [6.07, 6.45) is 1.53. The third kappa shape index (κ3) is 3.21. The Morgan fingerprint density at radius 1 is 1.58 bits per heavy atom. The lowest BCUT2D eigenvalue weighted by Gasteiger charge is -2.11. The summed E-state index contributed by atoms with van der Waals surface area (Å²) in [4.78, 5) is 29.3. The van der Waals surface area contributed by atoms with E-state index in [1.165, 1.54) is 6.92 Å². The molecule has 0 saturated heterocycles. The van der Waals surface area contributed by atoms with E-state index in [9.17, 15) is 9.59 Å². The van der Waals surface area contributed by atoms with Crippen LogP contribution in [0.4, 0.5) is 4.79 Å². The van der Waals surface area contributed by atoms with E-state index < -0.39 is 18.1 Å². The molecule has 0 aliphatic heterocycles. The first-order valence-electron chi connectivity index (χ1n) is 5.71. The molecule has 0 fully saturated rings. The highest BCUT2D eigenvalue weighted by atomic mass is 16.6. The SMILES string of the molecule is CC(OC(N)=O)C(=O)NCc1cc2cnccc2[nH]1. The Kier molecular flexibility index (Phi) is 3.65. The van der Waals surface area contributed by atoms with Gasteiger partial charge in [0.05, 0.1) is 6.54 Å². The number of nitrogens with zero attached hydrogens (tertiary/aromatic N) is 1. The van der Waals surface area contributed by atoms with Gasteiger partial charge in [0.15, 0.2) is 6.10 Å². The number of primary amides is 1. The molecule has 0 aromatic carbocycles. The smallest absolute Gasteiger partial charge is 0.405 e. The van der Waals surface area contributed by atoms with Gasteiger partial charge in [0.2, 0.25) is 0 Å². The van der Waals surface area contributed by atoms with Gasteiger partial charge in [-0.2, -0.15) is 0 Å². The molecule has 2 aromatic rings. The fraction of sp³-hybridized carbons (Fsp3) is 0.250. The number of amides is 2. The summed E-state index contributed by atoms with van der Waals surface area (Å²) in [5.74, 6) is -0.407. The monoisotopic (exact) mass is 262 g/mol. The zero-order chi connectivity index (χ0) is 13.8. The molecule has 2 rings (SSSR count). The highest BCUT2D eigenvalue weighted by molar-refractivity contribution is 5.83. The van der Waals surface area contributed by atoms with Gasteiger partial charge in [-0.3, -0.25) is 9.78 Å². The summed E-state index contributed by atoms with van der Waals surface area (Å²) in [6, 6.07) is 3.74. The van der Waals surface area contributed by atoms with Crippen LogP contribution in [0.25, 0.3) is 10.9 Å². The van der Waals surface area contributed by atoms with Crippen molar-refractivity contribution in [2.75, 3.05) is 0 Å². The Balaban J connectivity index is 1.94. The fourth-order valence-electron chi connectivity index (χ4n) is 1.68. The largest absolute Gasteiger partial charge is 0.437 e. The Morgan fingerprint density at radius 2 is 2.37 bits per heavy atom. The molecule has 0 saturated carbocycles. The Hall–Kier alpha value is -2.57. The van der Waals surface area contributed by atoms with Gasteiger partial charge in [-0.25, -0.2) is 4.79 Å². The molecule has 19 heavy (non-hydrogen) atoms. The van der Waals surface area contributed by atoms with E-state index in [0.29, 0.717) is 6.54 Å². The first kappa shape index (κ1) is 12.9. The van der Waals surface area contributed by atoms with Crippen molar-refractivity contribution < 1.29 is 14.3 Å².